The van der Waals surface area contributed by atoms with E-state index in [-0.39, 0.29) is 5.91 Å². The molecule has 0 atom stereocenters. The molecule has 2 heterocycles. The Hall–Kier alpha value is -2.43. The van der Waals surface area contributed by atoms with E-state index in [9.17, 15) is 4.79 Å². The molecule has 1 aliphatic rings. The summed E-state index contributed by atoms with van der Waals surface area (Å²) in [7, 11) is 0. The second-order valence-electron chi connectivity index (χ2n) is 7.11. The van der Waals surface area contributed by atoms with Crippen molar-refractivity contribution in [3.8, 4) is 22.6 Å². The molecule has 1 aromatic heterocycles. The first-order valence-corrected chi connectivity index (χ1v) is 10.00. The van der Waals surface area contributed by atoms with E-state index < -0.39 is 0 Å². The lowest BCUT2D eigenvalue weighted by molar-refractivity contribution is 0.1000. The van der Waals surface area contributed by atoms with Crippen LogP contribution in [0, 0.1) is 6.92 Å². The van der Waals surface area contributed by atoms with Crippen molar-refractivity contribution >= 4 is 5.91 Å². The van der Waals surface area contributed by atoms with Crippen molar-refractivity contribution in [1.82, 2.24) is 4.57 Å². The number of fused-ring (bicyclic) bond motifs is 1. The summed E-state index contributed by atoms with van der Waals surface area (Å²) < 4.78 is 13.7. The maximum atomic E-state index is 12.4. The number of unbranched alkanes of at least 4 members (excludes halogenated alkanes) is 2. The standard InChI is InChI=1S/C22H30N2O3/c1-4-6-8-17-21(16-9-10-18-19(14-16)27-13-12-26-18)20(22(23)25)15(3)24(17)11-7-5-2/h9-10,14H,4-8,11-13H2,1-3H3,(H2,23,25). The number of hydrogen-bond donors (Lipinski definition) is 1. The molecule has 0 fully saturated rings. The molecule has 2 aromatic rings. The number of benzene rings is 1. The van der Waals surface area contributed by atoms with Gasteiger partial charge in [0.25, 0.3) is 5.91 Å². The lowest BCUT2D eigenvalue weighted by atomic mass is 9.97. The number of aromatic nitrogens is 1. The summed E-state index contributed by atoms with van der Waals surface area (Å²) in [5, 5.41) is 0. The summed E-state index contributed by atoms with van der Waals surface area (Å²) in [6.45, 7) is 8.39. The van der Waals surface area contributed by atoms with Crippen molar-refractivity contribution in [2.75, 3.05) is 13.2 Å². The van der Waals surface area contributed by atoms with Gasteiger partial charge in [-0.2, -0.15) is 0 Å². The van der Waals surface area contributed by atoms with Crippen LogP contribution in [0.15, 0.2) is 18.2 Å². The maximum absolute atomic E-state index is 12.4. The smallest absolute Gasteiger partial charge is 0.251 e. The third-order valence-corrected chi connectivity index (χ3v) is 5.21. The molecule has 0 bridgehead atoms. The Labute approximate surface area is 161 Å². The van der Waals surface area contributed by atoms with E-state index in [0.29, 0.717) is 18.8 Å². The molecular weight excluding hydrogens is 340 g/mol. The highest BCUT2D eigenvalue weighted by Crippen LogP contribution is 2.39. The highest BCUT2D eigenvalue weighted by atomic mass is 16.6. The van der Waals surface area contributed by atoms with Crippen LogP contribution >= 0.6 is 0 Å². The van der Waals surface area contributed by atoms with E-state index in [0.717, 1.165) is 67.0 Å². The summed E-state index contributed by atoms with van der Waals surface area (Å²) >= 11 is 0. The Morgan fingerprint density at radius 2 is 1.81 bits per heavy atom. The number of nitrogens with two attached hydrogens (primary N) is 1. The molecule has 3 rings (SSSR count). The van der Waals surface area contributed by atoms with Crippen LogP contribution in [0.1, 0.15) is 61.3 Å². The van der Waals surface area contributed by atoms with Crippen LogP contribution < -0.4 is 15.2 Å². The van der Waals surface area contributed by atoms with Crippen LogP contribution in [0.5, 0.6) is 11.5 Å². The summed E-state index contributed by atoms with van der Waals surface area (Å²) in [5.41, 5.74) is 10.6. The second-order valence-corrected chi connectivity index (χ2v) is 7.11. The molecule has 0 radical (unpaired) electrons. The van der Waals surface area contributed by atoms with E-state index in [1.807, 2.05) is 25.1 Å². The summed E-state index contributed by atoms with van der Waals surface area (Å²) in [4.78, 5) is 12.4. The highest BCUT2D eigenvalue weighted by Gasteiger charge is 2.25. The molecule has 2 N–H and O–H groups in total. The molecule has 146 valence electrons. The fourth-order valence-corrected chi connectivity index (χ4v) is 3.83. The fraction of sp³-hybridized carbons (Fsp3) is 0.500. The number of rotatable bonds is 8. The maximum Gasteiger partial charge on any atom is 0.251 e. The van der Waals surface area contributed by atoms with Gasteiger partial charge in [-0.15, -0.1) is 0 Å². The molecule has 1 amide bonds. The van der Waals surface area contributed by atoms with Gasteiger partial charge in [0.2, 0.25) is 0 Å². The molecule has 1 aromatic carbocycles. The minimum absolute atomic E-state index is 0.370. The van der Waals surface area contributed by atoms with Crippen LogP contribution in [0.25, 0.3) is 11.1 Å². The van der Waals surface area contributed by atoms with Crippen molar-refractivity contribution in [2.24, 2.45) is 5.73 Å². The van der Waals surface area contributed by atoms with Gasteiger partial charge in [-0.05, 0) is 43.9 Å². The van der Waals surface area contributed by atoms with E-state index in [1.165, 1.54) is 5.69 Å². The molecule has 0 saturated heterocycles. The minimum atomic E-state index is -0.370. The number of hydrogen-bond acceptors (Lipinski definition) is 3. The van der Waals surface area contributed by atoms with Crippen molar-refractivity contribution < 1.29 is 14.3 Å². The van der Waals surface area contributed by atoms with Gasteiger partial charge in [0.1, 0.15) is 13.2 Å². The molecule has 27 heavy (non-hydrogen) atoms. The first-order chi connectivity index (χ1) is 13.1. The van der Waals surface area contributed by atoms with Crippen LogP contribution in [-0.4, -0.2) is 23.7 Å². The lowest BCUT2D eigenvalue weighted by Crippen LogP contribution is -2.15. The van der Waals surface area contributed by atoms with Crippen molar-refractivity contribution in [1.29, 1.82) is 0 Å². The molecule has 0 saturated carbocycles. The normalized spacial score (nSPS) is 13.0. The third-order valence-electron chi connectivity index (χ3n) is 5.21. The van der Waals surface area contributed by atoms with Crippen LogP contribution in [0.3, 0.4) is 0 Å². The lowest BCUT2D eigenvalue weighted by Gasteiger charge is -2.19. The van der Waals surface area contributed by atoms with Crippen LogP contribution in [-0.2, 0) is 13.0 Å². The summed E-state index contributed by atoms with van der Waals surface area (Å²) in [5.74, 6) is 1.11. The number of carbonyl (C=O) groups is 1. The first-order valence-electron chi connectivity index (χ1n) is 10.00. The van der Waals surface area contributed by atoms with E-state index in [4.69, 9.17) is 15.2 Å². The average molecular weight is 370 g/mol. The van der Waals surface area contributed by atoms with E-state index in [1.54, 1.807) is 0 Å². The van der Waals surface area contributed by atoms with Gasteiger partial charge in [0, 0.05) is 23.5 Å². The van der Waals surface area contributed by atoms with Crippen molar-refractivity contribution in [2.45, 2.75) is 59.4 Å². The van der Waals surface area contributed by atoms with Gasteiger partial charge >= 0.3 is 0 Å². The van der Waals surface area contributed by atoms with Crippen LogP contribution in [0.2, 0.25) is 0 Å². The average Bonchev–Trinajstić information content (AvgIpc) is 2.95. The Balaban J connectivity index is 2.18. The SMILES string of the molecule is CCCCc1c(-c2ccc3c(c2)OCCO3)c(C(N)=O)c(C)n1CCCC. The Bertz CT molecular complexity index is 823. The zero-order chi connectivity index (χ0) is 19.4. The third kappa shape index (κ3) is 3.82. The number of carbonyl (C=O) groups excluding carboxylic acids is 1. The zero-order valence-corrected chi connectivity index (χ0v) is 16.6. The Kier molecular flexibility index (Phi) is 6.09. The topological polar surface area (TPSA) is 66.5 Å². The summed E-state index contributed by atoms with van der Waals surface area (Å²) in [6.07, 6.45) is 5.29. The Morgan fingerprint density at radius 1 is 1.11 bits per heavy atom. The zero-order valence-electron chi connectivity index (χ0n) is 16.6. The van der Waals surface area contributed by atoms with Gasteiger partial charge in [-0.3, -0.25) is 4.79 Å². The fourth-order valence-electron chi connectivity index (χ4n) is 3.83. The molecule has 5 nitrogen and oxygen atoms in total. The van der Waals surface area contributed by atoms with Crippen LogP contribution in [0.4, 0.5) is 0 Å². The minimum Gasteiger partial charge on any atom is -0.486 e. The predicted octanol–water partition coefficient (Wildman–Crippen LogP) is 4.48. The van der Waals surface area contributed by atoms with Gasteiger partial charge in [0.05, 0.1) is 5.56 Å². The quantitative estimate of drug-likeness (QED) is 0.745. The van der Waals surface area contributed by atoms with Gasteiger partial charge < -0.3 is 19.8 Å². The van der Waals surface area contributed by atoms with Gasteiger partial charge in [0.15, 0.2) is 11.5 Å². The number of nitrogens with zero attached hydrogens (tertiary/aromatic N) is 1. The van der Waals surface area contributed by atoms with Gasteiger partial charge in [-0.1, -0.05) is 32.8 Å². The molecule has 0 spiro atoms. The van der Waals surface area contributed by atoms with Crippen molar-refractivity contribution in [3.63, 3.8) is 0 Å². The predicted molar refractivity (Wildman–Crippen MR) is 108 cm³/mol. The number of primary amides is 1. The molecule has 0 unspecified atom stereocenters. The number of amides is 1. The van der Waals surface area contributed by atoms with E-state index in [2.05, 4.69) is 18.4 Å². The second kappa shape index (κ2) is 8.51. The molecule has 1 aliphatic heterocycles. The molecular formula is C22H30N2O3. The summed E-state index contributed by atoms with van der Waals surface area (Å²) in [6, 6.07) is 5.92. The van der Waals surface area contributed by atoms with Crippen molar-refractivity contribution in [3.05, 3.63) is 35.2 Å². The van der Waals surface area contributed by atoms with Gasteiger partial charge in [-0.25, -0.2) is 0 Å². The molecule has 5 heteroatoms. The first kappa shape index (κ1) is 19.3. The Morgan fingerprint density at radius 3 is 2.48 bits per heavy atom. The van der Waals surface area contributed by atoms with E-state index >= 15 is 0 Å². The largest absolute Gasteiger partial charge is 0.486 e. The molecule has 0 aliphatic carbocycles. The number of ether oxygens (including phenoxy) is 2. The highest BCUT2D eigenvalue weighted by molar-refractivity contribution is 6.02. The monoisotopic (exact) mass is 370 g/mol.